The quantitative estimate of drug-likeness (QED) is 0.877. The molecule has 2 aromatic rings. The smallest absolute Gasteiger partial charge is 0.255 e. The average Bonchev–Trinajstić information content (AvgIpc) is 3.12. The van der Waals surface area contributed by atoms with E-state index < -0.39 is 6.04 Å². The first kappa shape index (κ1) is 18.5. The van der Waals surface area contributed by atoms with Gasteiger partial charge in [-0.15, -0.1) is 11.3 Å². The van der Waals surface area contributed by atoms with Crippen LogP contribution in [0.3, 0.4) is 0 Å². The maximum absolute atomic E-state index is 13.1. The van der Waals surface area contributed by atoms with Gasteiger partial charge in [-0.05, 0) is 41.5 Å². The Labute approximate surface area is 158 Å². The molecule has 1 aromatic carbocycles. The van der Waals surface area contributed by atoms with Gasteiger partial charge in [-0.1, -0.05) is 26.0 Å². The van der Waals surface area contributed by atoms with Gasteiger partial charge < -0.3 is 15.0 Å². The first-order valence-corrected chi connectivity index (χ1v) is 9.67. The van der Waals surface area contributed by atoms with E-state index in [2.05, 4.69) is 16.8 Å². The first-order chi connectivity index (χ1) is 12.5. The lowest BCUT2D eigenvalue weighted by molar-refractivity contribution is -0.135. The van der Waals surface area contributed by atoms with Gasteiger partial charge in [-0.3, -0.25) is 9.59 Å². The highest BCUT2D eigenvalue weighted by molar-refractivity contribution is 7.10. The van der Waals surface area contributed by atoms with Crippen molar-refractivity contribution in [2.24, 2.45) is 5.92 Å². The van der Waals surface area contributed by atoms with Crippen LogP contribution in [0.25, 0.3) is 0 Å². The largest absolute Gasteiger partial charge is 0.496 e. The molecule has 1 aromatic heterocycles. The number of rotatable bonds is 5. The zero-order valence-corrected chi connectivity index (χ0v) is 16.1. The molecule has 1 N–H and O–H groups in total. The van der Waals surface area contributed by atoms with Crippen molar-refractivity contribution in [2.45, 2.75) is 32.9 Å². The molecule has 1 aliphatic heterocycles. The van der Waals surface area contributed by atoms with E-state index in [9.17, 15) is 9.59 Å². The topological polar surface area (TPSA) is 58.6 Å². The number of methoxy groups -OCH3 is 1. The van der Waals surface area contributed by atoms with Crippen LogP contribution in [-0.2, 0) is 17.8 Å². The van der Waals surface area contributed by atoms with Crippen LogP contribution in [0.5, 0.6) is 5.75 Å². The highest BCUT2D eigenvalue weighted by Gasteiger charge is 2.31. The van der Waals surface area contributed by atoms with E-state index in [1.165, 1.54) is 17.6 Å². The number of fused-ring (bicyclic) bond motifs is 1. The van der Waals surface area contributed by atoms with Crippen LogP contribution in [0.15, 0.2) is 35.7 Å². The normalized spacial score (nSPS) is 14.7. The second kappa shape index (κ2) is 7.91. The van der Waals surface area contributed by atoms with Crippen LogP contribution >= 0.6 is 11.3 Å². The Morgan fingerprint density at radius 1 is 1.23 bits per heavy atom. The molecule has 0 saturated carbocycles. The summed E-state index contributed by atoms with van der Waals surface area (Å²) in [4.78, 5) is 29.0. The van der Waals surface area contributed by atoms with Crippen molar-refractivity contribution in [3.05, 3.63) is 51.7 Å². The van der Waals surface area contributed by atoms with Crippen LogP contribution in [0.2, 0.25) is 0 Å². The lowest BCUT2D eigenvalue weighted by Crippen LogP contribution is -2.52. The molecule has 2 amide bonds. The second-order valence-corrected chi connectivity index (χ2v) is 7.77. The number of nitrogens with zero attached hydrogens (tertiary/aromatic N) is 1. The average molecular weight is 372 g/mol. The van der Waals surface area contributed by atoms with Crippen molar-refractivity contribution in [1.29, 1.82) is 0 Å². The summed E-state index contributed by atoms with van der Waals surface area (Å²) >= 11 is 1.74. The molecule has 0 unspecified atom stereocenters. The zero-order chi connectivity index (χ0) is 18.7. The summed E-state index contributed by atoms with van der Waals surface area (Å²) in [5, 5.41) is 4.99. The van der Waals surface area contributed by atoms with E-state index >= 15 is 0 Å². The summed E-state index contributed by atoms with van der Waals surface area (Å²) in [5.41, 5.74) is 1.65. The summed E-state index contributed by atoms with van der Waals surface area (Å²) < 4.78 is 5.26. The van der Waals surface area contributed by atoms with Crippen molar-refractivity contribution in [3.8, 4) is 5.75 Å². The van der Waals surface area contributed by atoms with Crippen molar-refractivity contribution in [2.75, 3.05) is 13.7 Å². The minimum Gasteiger partial charge on any atom is -0.496 e. The number of carbonyl (C=O) groups excluding carboxylic acids is 2. The van der Waals surface area contributed by atoms with Crippen LogP contribution in [-0.4, -0.2) is 36.4 Å². The molecule has 0 aliphatic carbocycles. The Morgan fingerprint density at radius 2 is 2.00 bits per heavy atom. The van der Waals surface area contributed by atoms with Gasteiger partial charge in [0.25, 0.3) is 5.91 Å². The molecule has 0 fully saturated rings. The number of amides is 2. The first-order valence-electron chi connectivity index (χ1n) is 8.79. The van der Waals surface area contributed by atoms with E-state index in [1.807, 2.05) is 24.8 Å². The van der Waals surface area contributed by atoms with Crippen molar-refractivity contribution >= 4 is 23.2 Å². The molecule has 3 rings (SSSR count). The van der Waals surface area contributed by atoms with Gasteiger partial charge in [0.05, 0.1) is 12.7 Å². The third kappa shape index (κ3) is 3.75. The monoisotopic (exact) mass is 372 g/mol. The summed E-state index contributed by atoms with van der Waals surface area (Å²) in [6.07, 6.45) is 0.879. The Bertz CT molecular complexity index is 800. The van der Waals surface area contributed by atoms with Gasteiger partial charge in [0.1, 0.15) is 11.8 Å². The third-order valence-corrected chi connectivity index (χ3v) is 5.71. The Morgan fingerprint density at radius 3 is 2.73 bits per heavy atom. The third-order valence-electron chi connectivity index (χ3n) is 4.69. The molecular weight excluding hydrogens is 348 g/mol. The summed E-state index contributed by atoms with van der Waals surface area (Å²) in [6, 6.07) is 8.56. The van der Waals surface area contributed by atoms with Crippen molar-refractivity contribution < 1.29 is 14.3 Å². The lowest BCUT2D eigenvalue weighted by Gasteiger charge is -2.32. The number of nitrogens with one attached hydrogen (secondary N) is 1. The zero-order valence-electron chi connectivity index (χ0n) is 15.3. The number of carbonyl (C=O) groups is 2. The Kier molecular flexibility index (Phi) is 5.61. The number of hydrogen-bond donors (Lipinski definition) is 1. The molecule has 2 heterocycles. The number of thiophene rings is 1. The fourth-order valence-corrected chi connectivity index (χ4v) is 4.09. The molecule has 6 heteroatoms. The van der Waals surface area contributed by atoms with Crippen LogP contribution in [0.1, 0.15) is 34.6 Å². The van der Waals surface area contributed by atoms with Gasteiger partial charge in [0.15, 0.2) is 0 Å². The lowest BCUT2D eigenvalue weighted by atomic mass is 10.00. The maximum Gasteiger partial charge on any atom is 0.255 e. The summed E-state index contributed by atoms with van der Waals surface area (Å²) in [7, 11) is 1.53. The predicted octanol–water partition coefficient (Wildman–Crippen LogP) is 3.10. The fraction of sp³-hybridized carbons (Fsp3) is 0.400. The Balaban J connectivity index is 1.75. The standard InChI is InChI=1S/C20H24N2O3S/c1-13(2)18(21-19(23)15-6-4-5-7-16(15)25-3)20(24)22-10-8-17-14(12-22)9-11-26-17/h4-7,9,11,13,18H,8,10,12H2,1-3H3,(H,21,23)/t18-/m1/s1. The second-order valence-electron chi connectivity index (χ2n) is 6.77. The number of para-hydroxylation sites is 1. The molecule has 0 spiro atoms. The van der Waals surface area contributed by atoms with E-state index in [0.29, 0.717) is 24.4 Å². The molecule has 26 heavy (non-hydrogen) atoms. The highest BCUT2D eigenvalue weighted by Crippen LogP contribution is 2.25. The van der Waals surface area contributed by atoms with Gasteiger partial charge in [0, 0.05) is 18.0 Å². The van der Waals surface area contributed by atoms with E-state index in [0.717, 1.165) is 6.42 Å². The number of benzene rings is 1. The fourth-order valence-electron chi connectivity index (χ4n) is 3.20. The molecule has 138 valence electrons. The summed E-state index contributed by atoms with van der Waals surface area (Å²) in [6.45, 7) is 5.21. The minimum absolute atomic E-state index is 0.00923. The SMILES string of the molecule is COc1ccccc1C(=O)N[C@@H](C(=O)N1CCc2sccc2C1)C(C)C. The highest BCUT2D eigenvalue weighted by atomic mass is 32.1. The predicted molar refractivity (Wildman–Crippen MR) is 103 cm³/mol. The van der Waals surface area contributed by atoms with E-state index in [1.54, 1.807) is 29.5 Å². The molecular formula is C20H24N2O3S. The van der Waals surface area contributed by atoms with Gasteiger partial charge in [-0.25, -0.2) is 0 Å². The van der Waals surface area contributed by atoms with Crippen LogP contribution in [0, 0.1) is 5.92 Å². The molecule has 0 saturated heterocycles. The maximum atomic E-state index is 13.1. The molecule has 1 atom stereocenters. The van der Waals surface area contributed by atoms with Crippen molar-refractivity contribution in [3.63, 3.8) is 0 Å². The van der Waals surface area contributed by atoms with Gasteiger partial charge >= 0.3 is 0 Å². The minimum atomic E-state index is -0.562. The number of ether oxygens (including phenoxy) is 1. The summed E-state index contributed by atoms with van der Waals surface area (Å²) in [5.74, 6) is 0.175. The van der Waals surface area contributed by atoms with Crippen LogP contribution in [0.4, 0.5) is 0 Å². The van der Waals surface area contributed by atoms with Crippen LogP contribution < -0.4 is 10.1 Å². The number of hydrogen-bond acceptors (Lipinski definition) is 4. The van der Waals surface area contributed by atoms with Crippen molar-refractivity contribution in [1.82, 2.24) is 10.2 Å². The van der Waals surface area contributed by atoms with E-state index in [-0.39, 0.29) is 17.7 Å². The van der Waals surface area contributed by atoms with Gasteiger partial charge in [-0.2, -0.15) is 0 Å². The molecule has 1 aliphatic rings. The molecule has 5 nitrogen and oxygen atoms in total. The molecule has 0 radical (unpaired) electrons. The van der Waals surface area contributed by atoms with E-state index in [4.69, 9.17) is 4.74 Å². The Hall–Kier alpha value is -2.34. The molecule has 0 bridgehead atoms. The van der Waals surface area contributed by atoms with Gasteiger partial charge in [0.2, 0.25) is 5.91 Å².